The van der Waals surface area contributed by atoms with Crippen molar-refractivity contribution in [2.24, 2.45) is 5.73 Å². The molecule has 3 N–H and O–H groups in total. The van der Waals surface area contributed by atoms with Gasteiger partial charge in [0.25, 0.3) is 0 Å². The highest BCUT2D eigenvalue weighted by Crippen LogP contribution is 2.04. The molecule has 0 unspecified atom stereocenters. The van der Waals surface area contributed by atoms with Crippen LogP contribution in [0.5, 0.6) is 0 Å². The number of nitrogens with two attached hydrogens (primary N) is 1. The number of primary amides is 1. The van der Waals surface area contributed by atoms with Crippen LogP contribution >= 0.6 is 0 Å². The summed E-state index contributed by atoms with van der Waals surface area (Å²) in [6.45, 7) is 5.85. The van der Waals surface area contributed by atoms with Gasteiger partial charge in [0.05, 0.1) is 0 Å². The quantitative estimate of drug-likeness (QED) is 0.612. The monoisotopic (exact) mass is 270 g/mol. The van der Waals surface area contributed by atoms with Gasteiger partial charge in [0.1, 0.15) is 6.54 Å². The van der Waals surface area contributed by atoms with Crippen LogP contribution in [-0.2, 0) is 14.4 Å². The third-order valence-electron chi connectivity index (χ3n) is 3.02. The lowest BCUT2D eigenvalue weighted by Crippen LogP contribution is -2.51. The lowest BCUT2D eigenvalue weighted by atomic mass is 10.2. The van der Waals surface area contributed by atoms with Gasteiger partial charge >= 0.3 is 11.8 Å². The number of hydrogen-bond donors (Lipinski definition) is 2. The molecule has 0 aromatic heterocycles. The highest BCUT2D eigenvalue weighted by molar-refractivity contribution is 6.35. The van der Waals surface area contributed by atoms with E-state index in [4.69, 9.17) is 5.73 Å². The van der Waals surface area contributed by atoms with Gasteiger partial charge in [-0.2, -0.15) is 0 Å². The van der Waals surface area contributed by atoms with Gasteiger partial charge < -0.3 is 20.9 Å². The van der Waals surface area contributed by atoms with Crippen molar-refractivity contribution in [1.29, 1.82) is 0 Å². The van der Waals surface area contributed by atoms with Crippen molar-refractivity contribution < 1.29 is 14.4 Å². The predicted molar refractivity (Wildman–Crippen MR) is 70.1 cm³/mol. The molecule has 1 fully saturated rings. The molecule has 1 aliphatic rings. The largest absolute Gasteiger partial charge is 0.368 e. The van der Waals surface area contributed by atoms with Crippen LogP contribution in [0.4, 0.5) is 0 Å². The molecular weight excluding hydrogens is 248 g/mol. The highest BCUT2D eigenvalue weighted by Gasteiger charge is 2.29. The Morgan fingerprint density at radius 3 is 2.53 bits per heavy atom. The molecule has 0 aliphatic carbocycles. The Hall–Kier alpha value is -1.63. The first-order valence-electron chi connectivity index (χ1n) is 6.52. The van der Waals surface area contributed by atoms with Gasteiger partial charge in [-0.05, 0) is 26.8 Å². The molecule has 0 radical (unpaired) electrons. The van der Waals surface area contributed by atoms with Crippen LogP contribution in [0.1, 0.15) is 20.3 Å². The van der Waals surface area contributed by atoms with E-state index < -0.39 is 17.7 Å². The van der Waals surface area contributed by atoms with Crippen molar-refractivity contribution in [2.45, 2.75) is 26.3 Å². The van der Waals surface area contributed by atoms with Crippen molar-refractivity contribution in [1.82, 2.24) is 15.1 Å². The van der Waals surface area contributed by atoms with E-state index in [1.165, 1.54) is 9.80 Å². The molecule has 1 heterocycles. The smallest absolute Gasteiger partial charge is 0.312 e. The van der Waals surface area contributed by atoms with Crippen LogP contribution in [0.25, 0.3) is 0 Å². The summed E-state index contributed by atoms with van der Waals surface area (Å²) < 4.78 is 0. The molecule has 1 saturated heterocycles. The standard InChI is InChI=1S/C12H22N4O3/c1-9(2)16(8-10(13)17)12(19)11(18)15-6-3-4-14-5-7-15/h9,14H,3-8H2,1-2H3,(H2,13,17). The van der Waals surface area contributed by atoms with Crippen LogP contribution in [-0.4, -0.2) is 66.3 Å². The number of carbonyl (C=O) groups excluding carboxylic acids is 3. The molecular formula is C12H22N4O3. The van der Waals surface area contributed by atoms with E-state index in [0.717, 1.165) is 13.0 Å². The third kappa shape index (κ3) is 4.51. The zero-order chi connectivity index (χ0) is 14.4. The van der Waals surface area contributed by atoms with Crippen LogP contribution in [0.15, 0.2) is 0 Å². The van der Waals surface area contributed by atoms with Gasteiger partial charge in [-0.25, -0.2) is 0 Å². The summed E-state index contributed by atoms with van der Waals surface area (Å²) in [5.74, 6) is -1.83. The van der Waals surface area contributed by atoms with Gasteiger partial charge in [0.15, 0.2) is 0 Å². The molecule has 1 aliphatic heterocycles. The van der Waals surface area contributed by atoms with Gasteiger partial charge in [-0.1, -0.05) is 0 Å². The van der Waals surface area contributed by atoms with Crippen molar-refractivity contribution in [3.63, 3.8) is 0 Å². The van der Waals surface area contributed by atoms with Gasteiger partial charge in [-0.15, -0.1) is 0 Å². The van der Waals surface area contributed by atoms with Crippen molar-refractivity contribution in [3.8, 4) is 0 Å². The molecule has 0 aromatic carbocycles. The minimum Gasteiger partial charge on any atom is -0.368 e. The maximum Gasteiger partial charge on any atom is 0.312 e. The Kier molecular flexibility index (Phi) is 5.75. The van der Waals surface area contributed by atoms with Crippen molar-refractivity contribution in [2.75, 3.05) is 32.7 Å². The minimum atomic E-state index is -0.657. The summed E-state index contributed by atoms with van der Waals surface area (Å²) in [7, 11) is 0. The molecule has 7 heteroatoms. The van der Waals surface area contributed by atoms with E-state index in [1.54, 1.807) is 13.8 Å². The summed E-state index contributed by atoms with van der Waals surface area (Å²) in [6, 6.07) is -0.242. The van der Waals surface area contributed by atoms with Crippen LogP contribution in [0, 0.1) is 0 Å². The van der Waals surface area contributed by atoms with Crippen molar-refractivity contribution in [3.05, 3.63) is 0 Å². The normalized spacial score (nSPS) is 16.1. The minimum absolute atomic E-state index is 0.228. The first kappa shape index (κ1) is 15.4. The Balaban J connectivity index is 2.71. The van der Waals surface area contributed by atoms with E-state index in [9.17, 15) is 14.4 Å². The summed E-state index contributed by atoms with van der Waals surface area (Å²) in [5.41, 5.74) is 5.10. The van der Waals surface area contributed by atoms with Gasteiger partial charge in [0, 0.05) is 25.7 Å². The molecule has 1 rings (SSSR count). The van der Waals surface area contributed by atoms with E-state index in [2.05, 4.69) is 5.32 Å². The Labute approximate surface area is 113 Å². The molecule has 3 amide bonds. The summed E-state index contributed by atoms with van der Waals surface area (Å²) in [4.78, 5) is 38.0. The lowest BCUT2D eigenvalue weighted by Gasteiger charge is -2.27. The maximum absolute atomic E-state index is 12.1. The molecule has 19 heavy (non-hydrogen) atoms. The maximum atomic E-state index is 12.1. The number of nitrogens with one attached hydrogen (secondary N) is 1. The molecule has 7 nitrogen and oxygen atoms in total. The van der Waals surface area contributed by atoms with E-state index in [-0.39, 0.29) is 12.6 Å². The highest BCUT2D eigenvalue weighted by atomic mass is 16.2. The van der Waals surface area contributed by atoms with Crippen LogP contribution in [0.3, 0.4) is 0 Å². The molecule has 0 aromatic rings. The number of carbonyl (C=O) groups is 3. The predicted octanol–water partition coefficient (Wildman–Crippen LogP) is -1.47. The first-order chi connectivity index (χ1) is 8.93. The Morgan fingerprint density at radius 2 is 1.95 bits per heavy atom. The zero-order valence-corrected chi connectivity index (χ0v) is 11.5. The average molecular weight is 270 g/mol. The second-order valence-corrected chi connectivity index (χ2v) is 4.89. The number of amides is 3. The third-order valence-corrected chi connectivity index (χ3v) is 3.02. The first-order valence-corrected chi connectivity index (χ1v) is 6.52. The summed E-state index contributed by atoms with van der Waals surface area (Å²) >= 11 is 0. The van der Waals surface area contributed by atoms with E-state index in [1.807, 2.05) is 0 Å². The second kappa shape index (κ2) is 7.08. The molecule has 0 spiro atoms. The number of hydrogen-bond acceptors (Lipinski definition) is 4. The second-order valence-electron chi connectivity index (χ2n) is 4.89. The summed E-state index contributed by atoms with van der Waals surface area (Å²) in [6.07, 6.45) is 0.816. The van der Waals surface area contributed by atoms with Gasteiger partial charge in [-0.3, -0.25) is 14.4 Å². The molecule has 0 bridgehead atoms. The van der Waals surface area contributed by atoms with E-state index >= 15 is 0 Å². The average Bonchev–Trinajstić information content (AvgIpc) is 2.62. The van der Waals surface area contributed by atoms with Crippen LogP contribution < -0.4 is 11.1 Å². The fourth-order valence-electron chi connectivity index (χ4n) is 1.96. The molecule has 0 atom stereocenters. The van der Waals surface area contributed by atoms with Crippen LogP contribution in [0.2, 0.25) is 0 Å². The molecule has 108 valence electrons. The van der Waals surface area contributed by atoms with Crippen molar-refractivity contribution >= 4 is 17.7 Å². The topological polar surface area (TPSA) is 95.7 Å². The SMILES string of the molecule is CC(C)N(CC(N)=O)C(=O)C(=O)N1CCCNCC1. The number of nitrogens with zero attached hydrogens (tertiary/aromatic N) is 2. The van der Waals surface area contributed by atoms with Gasteiger partial charge in [0.2, 0.25) is 5.91 Å². The lowest BCUT2D eigenvalue weighted by molar-refractivity contribution is -0.153. The molecule has 0 saturated carbocycles. The summed E-state index contributed by atoms with van der Waals surface area (Å²) in [5, 5.41) is 3.16. The van der Waals surface area contributed by atoms with E-state index in [0.29, 0.717) is 19.6 Å². The Bertz CT molecular complexity index is 349. The number of rotatable bonds is 3. The Morgan fingerprint density at radius 1 is 1.26 bits per heavy atom. The zero-order valence-electron chi connectivity index (χ0n) is 11.5. The fourth-order valence-corrected chi connectivity index (χ4v) is 1.96. The fraction of sp³-hybridized carbons (Fsp3) is 0.750.